The Hall–Kier alpha value is -1.02. The summed E-state index contributed by atoms with van der Waals surface area (Å²) in [6, 6.07) is 7.76. The van der Waals surface area contributed by atoms with Crippen LogP contribution in [0.1, 0.15) is 56.6 Å². The Morgan fingerprint density at radius 2 is 2.00 bits per heavy atom. The summed E-state index contributed by atoms with van der Waals surface area (Å²) in [5, 5.41) is 3.79. The zero-order valence-electron chi connectivity index (χ0n) is 13.7. The molecule has 0 radical (unpaired) electrons. The van der Waals surface area contributed by atoms with Crippen LogP contribution in [0.4, 0.5) is 5.69 Å². The van der Waals surface area contributed by atoms with Gasteiger partial charge in [-0.3, -0.25) is 0 Å². The summed E-state index contributed by atoms with van der Waals surface area (Å²) >= 11 is 0. The molecule has 1 N–H and O–H groups in total. The molecule has 0 bridgehead atoms. The largest absolute Gasteiger partial charge is 0.374 e. The van der Waals surface area contributed by atoms with Gasteiger partial charge in [0.2, 0.25) is 0 Å². The van der Waals surface area contributed by atoms with Crippen LogP contribution in [-0.2, 0) is 13.0 Å². The van der Waals surface area contributed by atoms with Crippen molar-refractivity contribution in [3.63, 3.8) is 0 Å². The number of likely N-dealkylation sites (N-methyl/N-ethyl adjacent to an activating group) is 1. The zero-order valence-corrected chi connectivity index (χ0v) is 13.7. The SMILES string of the molecule is CCCC1CCC(NCc2ccc3c(c2)CCN3C)CC1. The molecule has 0 unspecified atom stereocenters. The highest BCUT2D eigenvalue weighted by Crippen LogP contribution is 2.29. The van der Waals surface area contributed by atoms with E-state index in [1.54, 1.807) is 0 Å². The Balaban J connectivity index is 1.48. The Labute approximate surface area is 129 Å². The Kier molecular flexibility index (Phi) is 4.84. The highest BCUT2D eigenvalue weighted by atomic mass is 15.1. The third-order valence-corrected chi connectivity index (χ3v) is 5.41. The first kappa shape index (κ1) is 14.9. The summed E-state index contributed by atoms with van der Waals surface area (Å²) in [5.74, 6) is 1.00. The molecule has 2 aliphatic rings. The maximum atomic E-state index is 3.79. The van der Waals surface area contributed by atoms with Crippen molar-refractivity contribution in [3.8, 4) is 0 Å². The van der Waals surface area contributed by atoms with Crippen LogP contribution in [0.5, 0.6) is 0 Å². The molecule has 0 amide bonds. The maximum Gasteiger partial charge on any atom is 0.0397 e. The third kappa shape index (κ3) is 3.60. The number of hydrogen-bond donors (Lipinski definition) is 1. The molecule has 0 saturated heterocycles. The highest BCUT2D eigenvalue weighted by molar-refractivity contribution is 5.58. The molecule has 21 heavy (non-hydrogen) atoms. The Morgan fingerprint density at radius 3 is 2.76 bits per heavy atom. The van der Waals surface area contributed by atoms with Gasteiger partial charge in [0.05, 0.1) is 0 Å². The summed E-state index contributed by atoms with van der Waals surface area (Å²) in [6.07, 6.45) is 9.61. The number of nitrogens with one attached hydrogen (secondary N) is 1. The van der Waals surface area contributed by atoms with E-state index in [-0.39, 0.29) is 0 Å². The van der Waals surface area contributed by atoms with Crippen LogP contribution in [0.25, 0.3) is 0 Å². The van der Waals surface area contributed by atoms with E-state index in [1.807, 2.05) is 0 Å². The van der Waals surface area contributed by atoms with Crippen LogP contribution < -0.4 is 10.2 Å². The average molecular weight is 286 g/mol. The first-order valence-electron chi connectivity index (χ1n) is 8.82. The minimum atomic E-state index is 0.744. The number of benzene rings is 1. The lowest BCUT2D eigenvalue weighted by Gasteiger charge is -2.29. The molecule has 1 aliphatic carbocycles. The van der Waals surface area contributed by atoms with Crippen molar-refractivity contribution < 1.29 is 0 Å². The van der Waals surface area contributed by atoms with Crippen LogP contribution in [0.15, 0.2) is 18.2 Å². The second kappa shape index (κ2) is 6.83. The molecular weight excluding hydrogens is 256 g/mol. The van der Waals surface area contributed by atoms with E-state index in [0.717, 1.165) is 18.5 Å². The van der Waals surface area contributed by atoms with E-state index >= 15 is 0 Å². The van der Waals surface area contributed by atoms with Crippen molar-refractivity contribution >= 4 is 5.69 Å². The van der Waals surface area contributed by atoms with Gasteiger partial charge in [-0.15, -0.1) is 0 Å². The second-order valence-electron chi connectivity index (χ2n) is 7.02. The van der Waals surface area contributed by atoms with E-state index in [4.69, 9.17) is 0 Å². The van der Waals surface area contributed by atoms with Gasteiger partial charge in [-0.25, -0.2) is 0 Å². The van der Waals surface area contributed by atoms with Crippen molar-refractivity contribution in [1.82, 2.24) is 5.32 Å². The van der Waals surface area contributed by atoms with Gasteiger partial charge < -0.3 is 10.2 Å². The molecule has 1 fully saturated rings. The minimum Gasteiger partial charge on any atom is -0.374 e. The molecule has 1 aliphatic heterocycles. The first-order valence-corrected chi connectivity index (χ1v) is 8.82. The van der Waals surface area contributed by atoms with Gasteiger partial charge in [0, 0.05) is 31.9 Å². The van der Waals surface area contributed by atoms with E-state index in [0.29, 0.717) is 0 Å². The van der Waals surface area contributed by atoms with E-state index in [2.05, 4.69) is 42.4 Å². The van der Waals surface area contributed by atoms with Gasteiger partial charge in [0.1, 0.15) is 0 Å². The van der Waals surface area contributed by atoms with Gasteiger partial charge in [0.25, 0.3) is 0 Å². The van der Waals surface area contributed by atoms with Crippen LogP contribution in [0.3, 0.4) is 0 Å². The fraction of sp³-hybridized carbons (Fsp3) is 0.684. The number of hydrogen-bond acceptors (Lipinski definition) is 2. The van der Waals surface area contributed by atoms with Crippen LogP contribution in [0.2, 0.25) is 0 Å². The molecular formula is C19H30N2. The third-order valence-electron chi connectivity index (χ3n) is 5.41. The second-order valence-corrected chi connectivity index (χ2v) is 7.02. The first-order chi connectivity index (χ1) is 10.3. The normalized spacial score (nSPS) is 25.1. The lowest BCUT2D eigenvalue weighted by Crippen LogP contribution is -2.32. The van der Waals surface area contributed by atoms with Crippen molar-refractivity contribution in [2.24, 2.45) is 5.92 Å². The number of fused-ring (bicyclic) bond motifs is 1. The molecule has 1 aromatic carbocycles. The zero-order chi connectivity index (χ0) is 14.7. The predicted octanol–water partition coefficient (Wildman–Crippen LogP) is 4.13. The van der Waals surface area contributed by atoms with E-state index in [9.17, 15) is 0 Å². The smallest absolute Gasteiger partial charge is 0.0397 e. The molecule has 0 atom stereocenters. The molecule has 0 aromatic heterocycles. The molecule has 1 heterocycles. The molecule has 1 saturated carbocycles. The standard InChI is InChI=1S/C19H30N2/c1-3-4-15-5-8-18(9-6-15)20-14-16-7-10-19-17(13-16)11-12-21(19)2/h7,10,13,15,18,20H,3-6,8-9,11-12,14H2,1-2H3. The van der Waals surface area contributed by atoms with Crippen LogP contribution in [0, 0.1) is 5.92 Å². The molecule has 116 valence electrons. The van der Waals surface area contributed by atoms with Gasteiger partial charge in [-0.2, -0.15) is 0 Å². The maximum absolute atomic E-state index is 3.79. The van der Waals surface area contributed by atoms with Crippen molar-refractivity contribution in [1.29, 1.82) is 0 Å². The number of anilines is 1. The van der Waals surface area contributed by atoms with Crippen molar-refractivity contribution in [3.05, 3.63) is 29.3 Å². The summed E-state index contributed by atoms with van der Waals surface area (Å²) in [7, 11) is 2.19. The quantitative estimate of drug-likeness (QED) is 0.875. The van der Waals surface area contributed by atoms with E-state index < -0.39 is 0 Å². The molecule has 2 nitrogen and oxygen atoms in total. The van der Waals surface area contributed by atoms with Crippen molar-refractivity contribution in [2.45, 2.75) is 64.5 Å². The summed E-state index contributed by atoms with van der Waals surface area (Å²) < 4.78 is 0. The van der Waals surface area contributed by atoms with Crippen LogP contribution >= 0.6 is 0 Å². The van der Waals surface area contributed by atoms with Crippen LogP contribution in [-0.4, -0.2) is 19.6 Å². The molecule has 1 aromatic rings. The molecule has 3 rings (SSSR count). The summed E-state index contributed by atoms with van der Waals surface area (Å²) in [4.78, 5) is 2.36. The molecule has 0 spiro atoms. The summed E-state index contributed by atoms with van der Waals surface area (Å²) in [5.41, 5.74) is 4.42. The molecule has 2 heteroatoms. The van der Waals surface area contributed by atoms with Crippen molar-refractivity contribution in [2.75, 3.05) is 18.5 Å². The van der Waals surface area contributed by atoms with Gasteiger partial charge in [-0.05, 0) is 55.2 Å². The average Bonchev–Trinajstić information content (AvgIpc) is 2.88. The summed E-state index contributed by atoms with van der Waals surface area (Å²) in [6.45, 7) is 4.53. The van der Waals surface area contributed by atoms with Gasteiger partial charge >= 0.3 is 0 Å². The topological polar surface area (TPSA) is 15.3 Å². The number of rotatable bonds is 5. The lowest BCUT2D eigenvalue weighted by molar-refractivity contribution is 0.277. The van der Waals surface area contributed by atoms with Gasteiger partial charge in [-0.1, -0.05) is 31.9 Å². The van der Waals surface area contributed by atoms with E-state index in [1.165, 1.54) is 68.3 Å². The van der Waals surface area contributed by atoms with Gasteiger partial charge in [0.15, 0.2) is 0 Å². The Bertz CT molecular complexity index is 461. The fourth-order valence-electron chi connectivity index (χ4n) is 4.06. The predicted molar refractivity (Wildman–Crippen MR) is 90.9 cm³/mol. The lowest BCUT2D eigenvalue weighted by atomic mass is 9.83. The minimum absolute atomic E-state index is 0.744. The highest BCUT2D eigenvalue weighted by Gasteiger charge is 2.20. The Morgan fingerprint density at radius 1 is 1.19 bits per heavy atom. The fourth-order valence-corrected chi connectivity index (χ4v) is 4.06. The number of nitrogens with zero attached hydrogens (tertiary/aromatic N) is 1. The monoisotopic (exact) mass is 286 g/mol.